The number of aromatic nitrogens is 1. The van der Waals surface area contributed by atoms with Crippen LogP contribution in [0.25, 0.3) is 10.9 Å². The number of Topliss-reactive ketones (excluding diaryl/α,β-unsaturated/α-hetero) is 1. The molecule has 1 aromatic carbocycles. The third-order valence-electron chi connectivity index (χ3n) is 2.24. The van der Waals surface area contributed by atoms with Gasteiger partial charge in [-0.15, -0.1) is 6.58 Å². The van der Waals surface area contributed by atoms with Gasteiger partial charge >= 0.3 is 0 Å². The second kappa shape index (κ2) is 4.05. The highest BCUT2D eigenvalue weighted by molar-refractivity contribution is 5.99. The number of para-hydroxylation sites is 1. The molecule has 0 saturated heterocycles. The number of carbonyl (C=O) groups excluding carboxylic acids is 1. The van der Waals surface area contributed by atoms with E-state index in [9.17, 15) is 4.79 Å². The van der Waals surface area contributed by atoms with Gasteiger partial charge in [-0.1, -0.05) is 24.3 Å². The van der Waals surface area contributed by atoms with Gasteiger partial charge in [-0.2, -0.15) is 0 Å². The van der Waals surface area contributed by atoms with E-state index in [-0.39, 0.29) is 5.78 Å². The van der Waals surface area contributed by atoms with Crippen molar-refractivity contribution in [3.63, 3.8) is 0 Å². The molecular weight excluding hydrogens is 186 g/mol. The summed E-state index contributed by atoms with van der Waals surface area (Å²) in [5.74, 6) is 0.0586. The molecule has 0 aliphatic carbocycles. The van der Waals surface area contributed by atoms with Crippen LogP contribution in [0.5, 0.6) is 0 Å². The number of pyridine rings is 1. The van der Waals surface area contributed by atoms with E-state index in [0.29, 0.717) is 12.0 Å². The van der Waals surface area contributed by atoms with Gasteiger partial charge in [0.15, 0.2) is 5.78 Å². The lowest BCUT2D eigenvalue weighted by atomic mass is 10.1. The number of hydrogen-bond acceptors (Lipinski definition) is 2. The van der Waals surface area contributed by atoms with Crippen LogP contribution in [-0.4, -0.2) is 10.8 Å². The molecule has 1 heterocycles. The summed E-state index contributed by atoms with van der Waals surface area (Å²) in [6.45, 7) is 3.55. The maximum Gasteiger partial charge on any atom is 0.168 e. The van der Waals surface area contributed by atoms with E-state index in [0.717, 1.165) is 10.9 Å². The van der Waals surface area contributed by atoms with E-state index in [2.05, 4.69) is 11.6 Å². The maximum absolute atomic E-state index is 11.6. The Kier molecular flexibility index (Phi) is 2.59. The quantitative estimate of drug-likeness (QED) is 0.559. The van der Waals surface area contributed by atoms with Crippen molar-refractivity contribution in [1.82, 2.24) is 4.98 Å². The fourth-order valence-electron chi connectivity index (χ4n) is 1.47. The van der Waals surface area contributed by atoms with Crippen molar-refractivity contribution in [3.05, 3.63) is 54.7 Å². The summed E-state index contributed by atoms with van der Waals surface area (Å²) in [6, 6.07) is 9.62. The van der Waals surface area contributed by atoms with Crippen LogP contribution in [-0.2, 0) is 0 Å². The van der Waals surface area contributed by atoms with Gasteiger partial charge in [-0.25, -0.2) is 0 Å². The summed E-state index contributed by atoms with van der Waals surface area (Å²) in [5, 5.41) is 0.993. The van der Waals surface area contributed by atoms with Crippen LogP contribution in [0.4, 0.5) is 0 Å². The minimum Gasteiger partial charge on any atom is -0.294 e. The van der Waals surface area contributed by atoms with Crippen molar-refractivity contribution < 1.29 is 4.79 Å². The van der Waals surface area contributed by atoms with Crippen LogP contribution in [0.3, 0.4) is 0 Å². The first-order valence-corrected chi connectivity index (χ1v) is 4.80. The summed E-state index contributed by atoms with van der Waals surface area (Å²) in [5.41, 5.74) is 1.56. The number of allylic oxidation sites excluding steroid dienone is 1. The molecule has 2 rings (SSSR count). The Morgan fingerprint density at radius 2 is 2.20 bits per heavy atom. The highest BCUT2D eigenvalue weighted by atomic mass is 16.1. The molecule has 0 amide bonds. The smallest absolute Gasteiger partial charge is 0.168 e. The lowest BCUT2D eigenvalue weighted by Gasteiger charge is -2.00. The van der Waals surface area contributed by atoms with E-state index in [1.54, 1.807) is 12.3 Å². The van der Waals surface area contributed by atoms with Crippen LogP contribution in [0.1, 0.15) is 16.8 Å². The molecule has 0 unspecified atom stereocenters. The Balaban J connectivity index is 2.46. The maximum atomic E-state index is 11.6. The zero-order valence-electron chi connectivity index (χ0n) is 8.31. The van der Waals surface area contributed by atoms with Gasteiger partial charge < -0.3 is 0 Å². The monoisotopic (exact) mass is 197 g/mol. The highest BCUT2D eigenvalue weighted by Crippen LogP contribution is 2.13. The number of nitrogens with zero attached hydrogens (tertiary/aromatic N) is 1. The molecule has 2 aromatic rings. The van der Waals surface area contributed by atoms with Gasteiger partial charge in [-0.3, -0.25) is 9.78 Å². The van der Waals surface area contributed by atoms with E-state index in [1.807, 2.05) is 30.3 Å². The van der Waals surface area contributed by atoms with Gasteiger partial charge in [0.05, 0.1) is 5.52 Å². The van der Waals surface area contributed by atoms with Gasteiger partial charge in [-0.05, 0) is 12.1 Å². The normalized spacial score (nSPS) is 10.1. The summed E-state index contributed by atoms with van der Waals surface area (Å²) < 4.78 is 0. The molecule has 15 heavy (non-hydrogen) atoms. The zero-order valence-corrected chi connectivity index (χ0v) is 8.31. The van der Waals surface area contributed by atoms with Crippen molar-refractivity contribution in [1.29, 1.82) is 0 Å². The Labute approximate surface area is 88.3 Å². The molecular formula is C13H11NO. The zero-order chi connectivity index (χ0) is 10.7. The average Bonchev–Trinajstić information content (AvgIpc) is 2.29. The van der Waals surface area contributed by atoms with Gasteiger partial charge in [0.1, 0.15) is 0 Å². The average molecular weight is 197 g/mol. The minimum atomic E-state index is 0.0586. The van der Waals surface area contributed by atoms with Crippen LogP contribution >= 0.6 is 0 Å². The standard InChI is InChI=1S/C13H11NO/c1-2-5-13(15)11-8-10-6-3-4-7-12(10)14-9-11/h2-4,6-9H,1,5H2. The Morgan fingerprint density at radius 1 is 1.40 bits per heavy atom. The number of hydrogen-bond donors (Lipinski definition) is 0. The highest BCUT2D eigenvalue weighted by Gasteiger charge is 2.04. The summed E-state index contributed by atoms with van der Waals surface area (Å²) in [6.07, 6.45) is 3.59. The molecule has 0 aliphatic rings. The van der Waals surface area contributed by atoms with Crippen LogP contribution in [0.2, 0.25) is 0 Å². The number of carbonyl (C=O) groups is 1. The number of benzene rings is 1. The molecule has 74 valence electrons. The lowest BCUT2D eigenvalue weighted by molar-refractivity contribution is 0.0996. The van der Waals surface area contributed by atoms with E-state index in [4.69, 9.17) is 0 Å². The first kappa shape index (κ1) is 9.59. The summed E-state index contributed by atoms with van der Waals surface area (Å²) in [7, 11) is 0. The van der Waals surface area contributed by atoms with Crippen LogP contribution < -0.4 is 0 Å². The second-order valence-corrected chi connectivity index (χ2v) is 3.33. The molecule has 0 bridgehead atoms. The van der Waals surface area contributed by atoms with Crippen molar-refractivity contribution in [2.24, 2.45) is 0 Å². The molecule has 1 aromatic heterocycles. The van der Waals surface area contributed by atoms with E-state index < -0.39 is 0 Å². The molecule has 0 radical (unpaired) electrons. The Bertz CT molecular complexity index is 517. The fourth-order valence-corrected chi connectivity index (χ4v) is 1.47. The second-order valence-electron chi connectivity index (χ2n) is 3.33. The molecule has 0 aliphatic heterocycles. The third-order valence-corrected chi connectivity index (χ3v) is 2.24. The molecule has 2 heteroatoms. The number of fused-ring (bicyclic) bond motifs is 1. The molecule has 0 atom stereocenters. The largest absolute Gasteiger partial charge is 0.294 e. The van der Waals surface area contributed by atoms with Gasteiger partial charge in [0, 0.05) is 23.6 Å². The Hall–Kier alpha value is -1.96. The van der Waals surface area contributed by atoms with Crippen molar-refractivity contribution in [2.45, 2.75) is 6.42 Å². The molecule has 0 saturated carbocycles. The van der Waals surface area contributed by atoms with Gasteiger partial charge in [0.25, 0.3) is 0 Å². The Morgan fingerprint density at radius 3 is 3.00 bits per heavy atom. The number of ketones is 1. The van der Waals surface area contributed by atoms with E-state index in [1.165, 1.54) is 0 Å². The van der Waals surface area contributed by atoms with Crippen LogP contribution in [0.15, 0.2) is 49.2 Å². The third kappa shape index (κ3) is 1.94. The van der Waals surface area contributed by atoms with Crippen molar-refractivity contribution in [2.75, 3.05) is 0 Å². The fraction of sp³-hybridized carbons (Fsp3) is 0.0769. The topological polar surface area (TPSA) is 30.0 Å². The first-order valence-electron chi connectivity index (χ1n) is 4.80. The van der Waals surface area contributed by atoms with Crippen molar-refractivity contribution >= 4 is 16.7 Å². The molecule has 0 spiro atoms. The summed E-state index contributed by atoms with van der Waals surface area (Å²) in [4.78, 5) is 15.8. The number of rotatable bonds is 3. The minimum absolute atomic E-state index is 0.0586. The lowest BCUT2D eigenvalue weighted by Crippen LogP contribution is -1.97. The van der Waals surface area contributed by atoms with Crippen molar-refractivity contribution in [3.8, 4) is 0 Å². The predicted octanol–water partition coefficient (Wildman–Crippen LogP) is 2.99. The van der Waals surface area contributed by atoms with E-state index >= 15 is 0 Å². The SMILES string of the molecule is C=CCC(=O)c1cnc2ccccc2c1. The predicted molar refractivity (Wildman–Crippen MR) is 60.9 cm³/mol. The first-order chi connectivity index (χ1) is 7.31. The molecule has 0 N–H and O–H groups in total. The van der Waals surface area contributed by atoms with Crippen LogP contribution in [0, 0.1) is 0 Å². The molecule has 2 nitrogen and oxygen atoms in total. The van der Waals surface area contributed by atoms with Gasteiger partial charge in [0.2, 0.25) is 0 Å². The molecule has 0 fully saturated rings. The summed E-state index contributed by atoms with van der Waals surface area (Å²) >= 11 is 0.